The minimum atomic E-state index is -0.169. The Morgan fingerprint density at radius 1 is 1.00 bits per heavy atom. The molecule has 2 aromatic carbocycles. The van der Waals surface area contributed by atoms with E-state index in [2.05, 4.69) is 0 Å². The Morgan fingerprint density at radius 2 is 1.67 bits per heavy atom. The molecule has 0 aliphatic carbocycles. The largest absolute Gasteiger partial charge is 0.494 e. The summed E-state index contributed by atoms with van der Waals surface area (Å²) in [5.74, 6) is 1.32. The maximum absolute atomic E-state index is 13.1. The molecule has 0 aromatic heterocycles. The summed E-state index contributed by atoms with van der Waals surface area (Å²) in [6, 6.07) is 15.0. The van der Waals surface area contributed by atoms with Gasteiger partial charge >= 0.3 is 0 Å². The number of likely N-dealkylation sites (N-methyl/N-ethyl adjacent to an activating group) is 1. The number of thiocarbonyl (C=S) groups is 1. The van der Waals surface area contributed by atoms with Crippen molar-refractivity contribution >= 4 is 35.0 Å². The summed E-state index contributed by atoms with van der Waals surface area (Å²) < 4.78 is 11.1. The predicted molar refractivity (Wildman–Crippen MR) is 111 cm³/mol. The average Bonchev–Trinajstić information content (AvgIpc) is 2.88. The Morgan fingerprint density at radius 3 is 2.33 bits per heavy atom. The molecule has 27 heavy (non-hydrogen) atoms. The smallest absolute Gasteiger partial charge is 0.281 e. The topological polar surface area (TPSA) is 42.0 Å². The van der Waals surface area contributed by atoms with Gasteiger partial charge in [-0.15, -0.1) is 0 Å². The molecule has 0 unspecified atom stereocenters. The van der Waals surface area contributed by atoms with Crippen molar-refractivity contribution in [1.82, 2.24) is 4.90 Å². The zero-order chi connectivity index (χ0) is 19.4. The van der Waals surface area contributed by atoms with Crippen molar-refractivity contribution in [2.24, 2.45) is 0 Å². The van der Waals surface area contributed by atoms with Gasteiger partial charge in [-0.05, 0) is 62.5 Å². The standard InChI is InChI=1S/C21H22N2O3S/c1-4-25-17-12-10-16(11-13-17)23-20(24)18(22(3)21(23)27)14-15-8-6-7-9-19(15)26-5-2/h6-14H,4-5H2,1-3H3/b18-14-. The highest BCUT2D eigenvalue weighted by molar-refractivity contribution is 7.80. The van der Waals surface area contributed by atoms with Crippen LogP contribution in [0.5, 0.6) is 11.5 Å². The molecule has 0 bridgehead atoms. The second-order valence-electron chi connectivity index (χ2n) is 5.91. The molecule has 1 aliphatic heterocycles. The first-order chi connectivity index (χ1) is 13.1. The fourth-order valence-corrected chi connectivity index (χ4v) is 3.16. The lowest BCUT2D eigenvalue weighted by molar-refractivity contribution is -0.114. The second-order valence-corrected chi connectivity index (χ2v) is 6.27. The van der Waals surface area contributed by atoms with Crippen LogP contribution in [0.4, 0.5) is 5.69 Å². The van der Waals surface area contributed by atoms with Gasteiger partial charge < -0.3 is 14.4 Å². The van der Waals surface area contributed by atoms with Gasteiger partial charge in [-0.2, -0.15) is 0 Å². The van der Waals surface area contributed by atoms with Gasteiger partial charge in [0, 0.05) is 12.6 Å². The van der Waals surface area contributed by atoms with E-state index in [1.165, 1.54) is 4.90 Å². The molecular formula is C21H22N2O3S. The third-order valence-corrected chi connectivity index (χ3v) is 4.64. The average molecular weight is 382 g/mol. The highest BCUT2D eigenvalue weighted by Gasteiger charge is 2.36. The fourth-order valence-electron chi connectivity index (χ4n) is 2.88. The minimum Gasteiger partial charge on any atom is -0.494 e. The fraction of sp³-hybridized carbons (Fsp3) is 0.238. The van der Waals surface area contributed by atoms with Gasteiger partial charge in [0.2, 0.25) is 0 Å². The molecule has 1 amide bonds. The first-order valence-electron chi connectivity index (χ1n) is 8.85. The number of carbonyl (C=O) groups excluding carboxylic acids is 1. The van der Waals surface area contributed by atoms with E-state index in [1.54, 1.807) is 11.9 Å². The molecule has 1 fully saturated rings. The minimum absolute atomic E-state index is 0.169. The molecule has 0 radical (unpaired) electrons. The monoisotopic (exact) mass is 382 g/mol. The van der Waals surface area contributed by atoms with E-state index < -0.39 is 0 Å². The molecule has 1 aliphatic rings. The van der Waals surface area contributed by atoms with Crippen molar-refractivity contribution in [1.29, 1.82) is 0 Å². The van der Waals surface area contributed by atoms with Gasteiger partial charge in [-0.25, -0.2) is 0 Å². The maximum atomic E-state index is 13.1. The van der Waals surface area contributed by atoms with Crippen LogP contribution in [0.25, 0.3) is 6.08 Å². The Balaban J connectivity index is 1.93. The van der Waals surface area contributed by atoms with E-state index in [1.807, 2.05) is 68.5 Å². The van der Waals surface area contributed by atoms with E-state index in [-0.39, 0.29) is 5.91 Å². The Kier molecular flexibility index (Phi) is 5.76. The number of anilines is 1. The Labute approximate surface area is 164 Å². The highest BCUT2D eigenvalue weighted by atomic mass is 32.1. The zero-order valence-electron chi connectivity index (χ0n) is 15.6. The van der Waals surface area contributed by atoms with Crippen molar-refractivity contribution in [3.63, 3.8) is 0 Å². The number of para-hydroxylation sites is 1. The molecule has 0 N–H and O–H groups in total. The quantitative estimate of drug-likeness (QED) is 0.556. The van der Waals surface area contributed by atoms with Crippen LogP contribution in [0, 0.1) is 0 Å². The van der Waals surface area contributed by atoms with E-state index in [0.29, 0.717) is 29.7 Å². The van der Waals surface area contributed by atoms with Crippen molar-refractivity contribution in [2.45, 2.75) is 13.8 Å². The van der Waals surface area contributed by atoms with Gasteiger partial charge in [-0.3, -0.25) is 9.69 Å². The number of carbonyl (C=O) groups is 1. The van der Waals surface area contributed by atoms with Crippen LogP contribution >= 0.6 is 12.2 Å². The van der Waals surface area contributed by atoms with Crippen LogP contribution in [0.15, 0.2) is 54.2 Å². The third-order valence-electron chi connectivity index (χ3n) is 4.18. The molecule has 0 saturated carbocycles. The molecule has 3 rings (SSSR count). The van der Waals surface area contributed by atoms with Crippen LogP contribution in [0.2, 0.25) is 0 Å². The molecule has 0 atom stereocenters. The number of hydrogen-bond acceptors (Lipinski definition) is 4. The van der Waals surface area contributed by atoms with Crippen molar-refractivity contribution in [2.75, 3.05) is 25.2 Å². The van der Waals surface area contributed by atoms with E-state index >= 15 is 0 Å². The van der Waals surface area contributed by atoms with Gasteiger partial charge in [0.25, 0.3) is 5.91 Å². The van der Waals surface area contributed by atoms with Gasteiger partial charge in [-0.1, -0.05) is 18.2 Å². The number of ether oxygens (including phenoxy) is 2. The molecule has 2 aromatic rings. The first-order valence-corrected chi connectivity index (χ1v) is 9.26. The predicted octanol–water partition coefficient (Wildman–Crippen LogP) is 4.09. The molecule has 1 saturated heterocycles. The first kappa shape index (κ1) is 18.9. The van der Waals surface area contributed by atoms with Crippen LogP contribution < -0.4 is 14.4 Å². The van der Waals surface area contributed by atoms with Crippen molar-refractivity contribution in [3.05, 3.63) is 59.8 Å². The molecular weight excluding hydrogens is 360 g/mol. The van der Waals surface area contributed by atoms with Crippen LogP contribution in [0.1, 0.15) is 19.4 Å². The van der Waals surface area contributed by atoms with E-state index in [4.69, 9.17) is 21.7 Å². The van der Waals surface area contributed by atoms with Crippen LogP contribution in [-0.2, 0) is 4.79 Å². The number of nitrogens with zero attached hydrogens (tertiary/aromatic N) is 2. The third kappa shape index (κ3) is 3.80. The summed E-state index contributed by atoms with van der Waals surface area (Å²) in [7, 11) is 1.80. The Hall–Kier alpha value is -2.86. The van der Waals surface area contributed by atoms with Crippen LogP contribution in [0.3, 0.4) is 0 Å². The molecule has 140 valence electrons. The van der Waals surface area contributed by atoms with E-state index in [0.717, 1.165) is 17.1 Å². The number of amides is 1. The summed E-state index contributed by atoms with van der Waals surface area (Å²) in [6.07, 6.45) is 1.81. The van der Waals surface area contributed by atoms with Gasteiger partial charge in [0.1, 0.15) is 17.2 Å². The lowest BCUT2D eigenvalue weighted by Gasteiger charge is -2.16. The number of rotatable bonds is 6. The SMILES string of the molecule is CCOc1ccc(N2C(=O)/C(=C/c3ccccc3OCC)N(C)C2=S)cc1. The zero-order valence-corrected chi connectivity index (χ0v) is 16.5. The summed E-state index contributed by atoms with van der Waals surface area (Å²) in [5.41, 5.74) is 2.05. The van der Waals surface area contributed by atoms with Crippen molar-refractivity contribution in [3.8, 4) is 11.5 Å². The molecule has 5 nitrogen and oxygen atoms in total. The maximum Gasteiger partial charge on any atom is 0.281 e. The van der Waals surface area contributed by atoms with Crippen molar-refractivity contribution < 1.29 is 14.3 Å². The van der Waals surface area contributed by atoms with E-state index in [9.17, 15) is 4.79 Å². The summed E-state index contributed by atoms with van der Waals surface area (Å²) >= 11 is 5.51. The molecule has 0 spiro atoms. The highest BCUT2D eigenvalue weighted by Crippen LogP contribution is 2.30. The molecule has 6 heteroatoms. The van der Waals surface area contributed by atoms with Gasteiger partial charge in [0.15, 0.2) is 5.11 Å². The van der Waals surface area contributed by atoms with Crippen LogP contribution in [-0.4, -0.2) is 36.2 Å². The lowest BCUT2D eigenvalue weighted by Crippen LogP contribution is -2.31. The second kappa shape index (κ2) is 8.22. The summed E-state index contributed by atoms with van der Waals surface area (Å²) in [5, 5.41) is 0.435. The van der Waals surface area contributed by atoms with Gasteiger partial charge in [0.05, 0.1) is 18.9 Å². The number of benzene rings is 2. The Bertz CT molecular complexity index is 877. The summed E-state index contributed by atoms with van der Waals surface area (Å²) in [6.45, 7) is 5.01. The lowest BCUT2D eigenvalue weighted by atomic mass is 10.1. The molecule has 1 heterocycles. The summed E-state index contributed by atoms with van der Waals surface area (Å²) in [4.78, 5) is 16.3. The number of hydrogen-bond donors (Lipinski definition) is 0. The normalized spacial score (nSPS) is 15.6.